The zero-order chi connectivity index (χ0) is 20.6. The number of benzene rings is 3. The van der Waals surface area contributed by atoms with E-state index in [1.807, 2.05) is 68.4 Å². The van der Waals surface area contributed by atoms with Crippen molar-refractivity contribution < 1.29 is 14.3 Å². The first-order valence-electron chi connectivity index (χ1n) is 9.53. The lowest BCUT2D eigenvalue weighted by molar-refractivity contribution is -0.118. The van der Waals surface area contributed by atoms with Crippen LogP contribution >= 0.6 is 0 Å². The normalized spacial score (nSPS) is 10.3. The summed E-state index contributed by atoms with van der Waals surface area (Å²) in [6, 6.07) is 24.0. The summed E-state index contributed by atoms with van der Waals surface area (Å²) in [5.74, 6) is 0.271. The number of carbonyl (C=O) groups is 2. The lowest BCUT2D eigenvalue weighted by Gasteiger charge is -2.21. The maximum absolute atomic E-state index is 13.0. The van der Waals surface area contributed by atoms with Crippen molar-refractivity contribution in [2.45, 2.75) is 13.8 Å². The predicted octanol–water partition coefficient (Wildman–Crippen LogP) is 4.68. The summed E-state index contributed by atoms with van der Waals surface area (Å²) in [5.41, 5.74) is 2.86. The highest BCUT2D eigenvalue weighted by Gasteiger charge is 2.16. The van der Waals surface area contributed by atoms with Gasteiger partial charge in [-0.2, -0.15) is 0 Å². The molecule has 148 valence electrons. The molecular formula is C24H24N2O3. The molecule has 0 unspecified atom stereocenters. The van der Waals surface area contributed by atoms with Gasteiger partial charge >= 0.3 is 0 Å². The summed E-state index contributed by atoms with van der Waals surface area (Å²) in [6.45, 7) is 4.30. The summed E-state index contributed by atoms with van der Waals surface area (Å²) in [5, 5.41) is 2.79. The molecule has 0 radical (unpaired) electrons. The van der Waals surface area contributed by atoms with Crippen molar-refractivity contribution in [3.05, 3.63) is 90.0 Å². The van der Waals surface area contributed by atoms with Gasteiger partial charge in [0, 0.05) is 23.5 Å². The van der Waals surface area contributed by atoms with E-state index in [1.54, 1.807) is 29.2 Å². The molecule has 0 heterocycles. The third-order valence-corrected chi connectivity index (χ3v) is 4.47. The van der Waals surface area contributed by atoms with Crippen LogP contribution in [0.2, 0.25) is 0 Å². The summed E-state index contributed by atoms with van der Waals surface area (Å²) >= 11 is 0. The quantitative estimate of drug-likeness (QED) is 0.639. The molecule has 0 spiro atoms. The lowest BCUT2D eigenvalue weighted by atomic mass is 10.1. The number of nitrogens with one attached hydrogen (secondary N) is 1. The Balaban J connectivity index is 1.66. The van der Waals surface area contributed by atoms with Crippen LogP contribution < -0.4 is 15.0 Å². The second kappa shape index (κ2) is 9.55. The first-order chi connectivity index (χ1) is 14.1. The highest BCUT2D eigenvalue weighted by molar-refractivity contribution is 6.07. The van der Waals surface area contributed by atoms with E-state index in [4.69, 9.17) is 4.74 Å². The molecule has 0 aliphatic carbocycles. The highest BCUT2D eigenvalue weighted by atomic mass is 16.5. The van der Waals surface area contributed by atoms with E-state index in [0.717, 1.165) is 11.3 Å². The molecule has 5 nitrogen and oxygen atoms in total. The van der Waals surface area contributed by atoms with Gasteiger partial charge in [0.25, 0.3) is 11.8 Å². The Morgan fingerprint density at radius 1 is 0.931 bits per heavy atom. The fraction of sp³-hybridized carbons (Fsp3) is 0.167. The van der Waals surface area contributed by atoms with Crippen molar-refractivity contribution in [2.75, 3.05) is 23.4 Å². The average Bonchev–Trinajstić information content (AvgIpc) is 2.74. The predicted molar refractivity (Wildman–Crippen MR) is 116 cm³/mol. The van der Waals surface area contributed by atoms with Crippen molar-refractivity contribution in [1.82, 2.24) is 0 Å². The van der Waals surface area contributed by atoms with E-state index in [1.165, 1.54) is 0 Å². The molecule has 0 saturated heterocycles. The van der Waals surface area contributed by atoms with Crippen LogP contribution in [0.5, 0.6) is 5.75 Å². The van der Waals surface area contributed by atoms with Crippen molar-refractivity contribution in [2.24, 2.45) is 0 Å². The van der Waals surface area contributed by atoms with E-state index in [2.05, 4.69) is 5.32 Å². The molecule has 0 saturated carbocycles. The number of hydrogen-bond donors (Lipinski definition) is 1. The Morgan fingerprint density at radius 3 is 2.38 bits per heavy atom. The monoisotopic (exact) mass is 388 g/mol. The number of anilines is 2. The molecule has 3 aromatic carbocycles. The fourth-order valence-electron chi connectivity index (χ4n) is 3.00. The molecule has 0 aliphatic heterocycles. The van der Waals surface area contributed by atoms with Gasteiger partial charge in [0.2, 0.25) is 0 Å². The Hall–Kier alpha value is -3.60. The van der Waals surface area contributed by atoms with Gasteiger partial charge in [-0.15, -0.1) is 0 Å². The van der Waals surface area contributed by atoms with Gasteiger partial charge in [-0.25, -0.2) is 0 Å². The molecule has 0 aromatic heterocycles. The molecule has 2 amide bonds. The zero-order valence-corrected chi connectivity index (χ0v) is 16.6. The number of ether oxygens (including phenoxy) is 1. The second-order valence-corrected chi connectivity index (χ2v) is 6.57. The smallest absolute Gasteiger partial charge is 0.262 e. The number of rotatable bonds is 7. The number of nitrogens with zero attached hydrogens (tertiary/aromatic N) is 1. The molecule has 3 rings (SSSR count). The number of amides is 2. The topological polar surface area (TPSA) is 58.6 Å². The Morgan fingerprint density at radius 2 is 1.66 bits per heavy atom. The minimum atomic E-state index is -0.284. The SMILES string of the molecule is CCN(C(=O)c1cccc(NC(=O)COc2ccccc2C)c1)c1ccccc1. The number of hydrogen-bond acceptors (Lipinski definition) is 3. The van der Waals surface area contributed by atoms with Crippen LogP contribution in [-0.2, 0) is 4.79 Å². The number of aryl methyl sites for hydroxylation is 1. The Kier molecular flexibility index (Phi) is 6.63. The Bertz CT molecular complexity index is 986. The van der Waals surface area contributed by atoms with E-state index >= 15 is 0 Å². The van der Waals surface area contributed by atoms with Gasteiger partial charge in [-0.1, -0.05) is 42.5 Å². The van der Waals surface area contributed by atoms with Gasteiger partial charge in [0.1, 0.15) is 5.75 Å². The van der Waals surface area contributed by atoms with Crippen LogP contribution in [0.25, 0.3) is 0 Å². The first kappa shape index (κ1) is 20.1. The van der Waals surface area contributed by atoms with Crippen LogP contribution in [0, 0.1) is 6.92 Å². The Labute approximate surface area is 170 Å². The van der Waals surface area contributed by atoms with Crippen LogP contribution in [0.4, 0.5) is 11.4 Å². The van der Waals surface area contributed by atoms with Gasteiger partial charge in [-0.05, 0) is 55.8 Å². The average molecular weight is 388 g/mol. The van der Waals surface area contributed by atoms with Crippen molar-refractivity contribution in [3.63, 3.8) is 0 Å². The minimum Gasteiger partial charge on any atom is -0.483 e. The molecule has 5 heteroatoms. The minimum absolute atomic E-state index is 0.103. The molecule has 1 N–H and O–H groups in total. The molecule has 0 atom stereocenters. The maximum Gasteiger partial charge on any atom is 0.262 e. The van der Waals surface area contributed by atoms with Crippen molar-refractivity contribution in [3.8, 4) is 5.75 Å². The van der Waals surface area contributed by atoms with Crippen LogP contribution in [0.1, 0.15) is 22.8 Å². The standard InChI is InChI=1S/C24H24N2O3/c1-3-26(21-13-5-4-6-14-21)24(28)19-11-9-12-20(16-19)25-23(27)17-29-22-15-8-7-10-18(22)2/h4-16H,3,17H2,1-2H3,(H,25,27). The van der Waals surface area contributed by atoms with Crippen LogP contribution in [0.15, 0.2) is 78.9 Å². The van der Waals surface area contributed by atoms with Gasteiger partial charge in [-0.3, -0.25) is 9.59 Å². The highest BCUT2D eigenvalue weighted by Crippen LogP contribution is 2.19. The van der Waals surface area contributed by atoms with Crippen LogP contribution in [0.3, 0.4) is 0 Å². The van der Waals surface area contributed by atoms with E-state index in [9.17, 15) is 9.59 Å². The fourth-order valence-corrected chi connectivity index (χ4v) is 3.00. The molecule has 0 bridgehead atoms. The zero-order valence-electron chi connectivity index (χ0n) is 16.6. The largest absolute Gasteiger partial charge is 0.483 e. The summed E-state index contributed by atoms with van der Waals surface area (Å²) in [6.07, 6.45) is 0. The molecule has 0 aliphatic rings. The first-order valence-corrected chi connectivity index (χ1v) is 9.53. The maximum atomic E-state index is 13.0. The summed E-state index contributed by atoms with van der Waals surface area (Å²) < 4.78 is 5.57. The lowest BCUT2D eigenvalue weighted by Crippen LogP contribution is -2.30. The van der Waals surface area contributed by atoms with E-state index < -0.39 is 0 Å². The third-order valence-electron chi connectivity index (χ3n) is 4.47. The summed E-state index contributed by atoms with van der Waals surface area (Å²) in [7, 11) is 0. The number of para-hydroxylation sites is 2. The summed E-state index contributed by atoms with van der Waals surface area (Å²) in [4.78, 5) is 26.9. The third kappa shape index (κ3) is 5.23. The molecular weight excluding hydrogens is 364 g/mol. The van der Waals surface area contributed by atoms with Gasteiger partial charge in [0.05, 0.1) is 0 Å². The number of carbonyl (C=O) groups excluding carboxylic acids is 2. The van der Waals surface area contributed by atoms with Crippen molar-refractivity contribution >= 4 is 23.2 Å². The van der Waals surface area contributed by atoms with Gasteiger partial charge < -0.3 is 15.0 Å². The molecule has 3 aromatic rings. The van der Waals surface area contributed by atoms with Gasteiger partial charge in [0.15, 0.2) is 6.61 Å². The molecule has 29 heavy (non-hydrogen) atoms. The van der Waals surface area contributed by atoms with E-state index in [-0.39, 0.29) is 18.4 Å². The second-order valence-electron chi connectivity index (χ2n) is 6.57. The van der Waals surface area contributed by atoms with Crippen LogP contribution in [-0.4, -0.2) is 25.0 Å². The van der Waals surface area contributed by atoms with Crippen molar-refractivity contribution in [1.29, 1.82) is 0 Å². The van der Waals surface area contributed by atoms with E-state index in [0.29, 0.717) is 23.5 Å². The molecule has 0 fully saturated rings.